The molecular weight excluding hydrogens is 260 g/mol. The fourth-order valence-electron chi connectivity index (χ4n) is 0.959. The molecule has 0 aromatic rings. The van der Waals surface area contributed by atoms with Gasteiger partial charge in [-0.25, -0.2) is 0 Å². The Morgan fingerprint density at radius 1 is 1.40 bits per heavy atom. The van der Waals surface area contributed by atoms with Gasteiger partial charge < -0.3 is 26.0 Å². The number of aliphatic hydroxyl groups excluding tert-OH is 2. The molecule has 1 saturated heterocycles. The topological polar surface area (TPSA) is 105 Å². The minimum Gasteiger partial charge on any atom is -0.463 e. The van der Waals surface area contributed by atoms with E-state index in [0.717, 1.165) is 6.42 Å². The summed E-state index contributed by atoms with van der Waals surface area (Å²) in [6.45, 7) is 12.3. The van der Waals surface area contributed by atoms with Crippen molar-refractivity contribution < 1.29 is 19.7 Å². The van der Waals surface area contributed by atoms with Gasteiger partial charge in [-0.1, -0.05) is 0 Å². The van der Waals surface area contributed by atoms with Crippen molar-refractivity contribution in [3.63, 3.8) is 0 Å². The van der Waals surface area contributed by atoms with E-state index in [0.29, 0.717) is 19.5 Å². The average molecular weight is 292 g/mol. The Labute approximate surface area is 123 Å². The Hall–Kier alpha value is -0.950. The predicted molar refractivity (Wildman–Crippen MR) is 82.4 cm³/mol. The van der Waals surface area contributed by atoms with Gasteiger partial charge in [0.15, 0.2) is 0 Å². The first kappa shape index (κ1) is 24.1. The van der Waals surface area contributed by atoms with Gasteiger partial charge >= 0.3 is 5.97 Å². The lowest BCUT2D eigenvalue weighted by molar-refractivity contribution is -0.140. The lowest BCUT2D eigenvalue weighted by atomic mass is 10.3. The van der Waals surface area contributed by atoms with Gasteiger partial charge in [0.2, 0.25) is 0 Å². The molecule has 0 bridgehead atoms. The third-order valence-corrected chi connectivity index (χ3v) is 1.93. The first-order valence-corrected chi connectivity index (χ1v) is 6.73. The number of nitrogens with one attached hydrogen (secondary N) is 1. The standard InChI is InChI=1S/C5H8O2.C4H11NO.C3H9NO.C2H4/c1-4-2-3-5(6)7-4;1-4(6)3-5-2;1-3(5)2-4;1-2/h4H,2-3H2,1H3;4-6H,3H2,1-2H3;3,5H,2,4H2,1H3;1-2H2/t2*4-;3-;/m000./s1. The highest BCUT2D eigenvalue weighted by molar-refractivity contribution is 5.71. The number of esters is 1. The molecule has 0 radical (unpaired) electrons. The number of hydrogen-bond donors (Lipinski definition) is 4. The first-order valence-electron chi connectivity index (χ1n) is 6.73. The van der Waals surface area contributed by atoms with Gasteiger partial charge in [0.05, 0.1) is 18.3 Å². The van der Waals surface area contributed by atoms with Gasteiger partial charge in [-0.05, 0) is 34.2 Å². The van der Waals surface area contributed by atoms with Crippen LogP contribution in [-0.2, 0) is 9.53 Å². The maximum Gasteiger partial charge on any atom is 0.306 e. The summed E-state index contributed by atoms with van der Waals surface area (Å²) in [5.41, 5.74) is 4.92. The van der Waals surface area contributed by atoms with Crippen LogP contribution in [0.3, 0.4) is 0 Å². The fourth-order valence-corrected chi connectivity index (χ4v) is 0.959. The van der Waals surface area contributed by atoms with Crippen molar-refractivity contribution in [2.75, 3.05) is 20.1 Å². The number of rotatable bonds is 3. The molecular formula is C14H32N2O4. The molecule has 0 amide bonds. The molecule has 1 heterocycles. The van der Waals surface area contributed by atoms with Crippen LogP contribution in [0.5, 0.6) is 0 Å². The van der Waals surface area contributed by atoms with Crippen molar-refractivity contribution in [3.8, 4) is 0 Å². The van der Waals surface area contributed by atoms with E-state index < -0.39 is 0 Å². The number of likely N-dealkylation sites (N-methyl/N-ethyl adjacent to an activating group) is 1. The number of aliphatic hydroxyl groups is 2. The van der Waals surface area contributed by atoms with Crippen molar-refractivity contribution in [2.45, 2.75) is 51.9 Å². The maximum atomic E-state index is 10.2. The summed E-state index contributed by atoms with van der Waals surface area (Å²) >= 11 is 0. The summed E-state index contributed by atoms with van der Waals surface area (Å²) in [5, 5.41) is 19.5. The first-order chi connectivity index (χ1) is 9.33. The average Bonchev–Trinajstić information content (AvgIpc) is 2.77. The van der Waals surface area contributed by atoms with Crippen molar-refractivity contribution >= 4 is 5.97 Å². The van der Waals surface area contributed by atoms with E-state index in [1.54, 1.807) is 13.8 Å². The molecule has 0 aliphatic carbocycles. The molecule has 1 fully saturated rings. The van der Waals surface area contributed by atoms with E-state index in [1.807, 2.05) is 14.0 Å². The molecule has 0 spiro atoms. The van der Waals surface area contributed by atoms with Crippen molar-refractivity contribution in [2.24, 2.45) is 5.73 Å². The largest absolute Gasteiger partial charge is 0.463 e. The molecule has 0 saturated carbocycles. The maximum absolute atomic E-state index is 10.2. The molecule has 20 heavy (non-hydrogen) atoms. The van der Waals surface area contributed by atoms with Crippen LogP contribution in [0.25, 0.3) is 0 Å². The summed E-state index contributed by atoms with van der Waals surface area (Å²) < 4.78 is 4.72. The highest BCUT2D eigenvalue weighted by Crippen LogP contribution is 2.11. The predicted octanol–water partition coefficient (Wildman–Crippen LogP) is 0.427. The number of hydrogen-bond acceptors (Lipinski definition) is 6. The third kappa shape index (κ3) is 25.8. The Bertz CT molecular complexity index is 211. The SMILES string of the molecule is C=C.CNC[C@H](C)O.C[C@H](O)CN.C[C@H]1CCC(=O)O1. The molecule has 1 aliphatic heterocycles. The Morgan fingerprint density at radius 2 is 1.85 bits per heavy atom. The van der Waals surface area contributed by atoms with Crippen molar-refractivity contribution in [1.29, 1.82) is 0 Å². The Balaban J connectivity index is -0.000000207. The molecule has 0 aromatic heterocycles. The summed E-state index contributed by atoms with van der Waals surface area (Å²) in [4.78, 5) is 10.2. The van der Waals surface area contributed by atoms with Gasteiger partial charge in [0, 0.05) is 19.5 Å². The number of carbonyl (C=O) groups is 1. The van der Waals surface area contributed by atoms with Gasteiger partial charge in [-0.3, -0.25) is 4.79 Å². The summed E-state index contributed by atoms with van der Waals surface area (Å²) in [7, 11) is 1.81. The van der Waals surface area contributed by atoms with Crippen LogP contribution in [0.15, 0.2) is 13.2 Å². The van der Waals surface area contributed by atoms with Crippen molar-refractivity contribution in [1.82, 2.24) is 5.32 Å². The highest BCUT2D eigenvalue weighted by atomic mass is 16.5. The van der Waals surface area contributed by atoms with Crippen LogP contribution in [0, 0.1) is 0 Å². The van der Waals surface area contributed by atoms with Crippen LogP contribution in [0.1, 0.15) is 33.6 Å². The third-order valence-electron chi connectivity index (χ3n) is 1.93. The number of nitrogens with two attached hydrogens (primary N) is 1. The molecule has 6 nitrogen and oxygen atoms in total. The van der Waals surface area contributed by atoms with E-state index in [9.17, 15) is 4.79 Å². The smallest absolute Gasteiger partial charge is 0.306 e. The summed E-state index contributed by atoms with van der Waals surface area (Å²) in [6, 6.07) is 0. The molecule has 0 unspecified atom stereocenters. The molecule has 122 valence electrons. The lowest BCUT2D eigenvalue weighted by Gasteiger charge is -1.97. The second-order valence-electron chi connectivity index (χ2n) is 4.33. The second-order valence-corrected chi connectivity index (χ2v) is 4.33. The van der Waals surface area contributed by atoms with Crippen molar-refractivity contribution in [3.05, 3.63) is 13.2 Å². The molecule has 3 atom stereocenters. The van der Waals surface area contributed by atoms with E-state index in [2.05, 4.69) is 18.5 Å². The van der Waals surface area contributed by atoms with Crippen LogP contribution in [0.4, 0.5) is 0 Å². The van der Waals surface area contributed by atoms with Crippen LogP contribution >= 0.6 is 0 Å². The molecule has 6 heteroatoms. The zero-order valence-electron chi connectivity index (χ0n) is 13.3. The Morgan fingerprint density at radius 3 is 1.90 bits per heavy atom. The number of ether oxygens (including phenoxy) is 1. The van der Waals surface area contributed by atoms with E-state index in [4.69, 9.17) is 20.7 Å². The molecule has 1 aliphatic rings. The van der Waals surface area contributed by atoms with Crippen LogP contribution in [-0.4, -0.2) is 54.6 Å². The van der Waals surface area contributed by atoms with E-state index in [-0.39, 0.29) is 24.3 Å². The summed E-state index contributed by atoms with van der Waals surface area (Å²) in [5.74, 6) is -0.0486. The zero-order valence-corrected chi connectivity index (χ0v) is 13.3. The minimum absolute atomic E-state index is 0.0486. The van der Waals surface area contributed by atoms with Gasteiger partial charge in [-0.15, -0.1) is 13.2 Å². The molecule has 1 rings (SSSR count). The second kappa shape index (κ2) is 18.0. The summed E-state index contributed by atoms with van der Waals surface area (Å²) in [6.07, 6.45) is 1.14. The lowest BCUT2D eigenvalue weighted by Crippen LogP contribution is -2.19. The fraction of sp³-hybridized carbons (Fsp3) is 0.786. The zero-order chi connectivity index (χ0) is 16.6. The van der Waals surface area contributed by atoms with Crippen LogP contribution in [0.2, 0.25) is 0 Å². The van der Waals surface area contributed by atoms with E-state index in [1.165, 1.54) is 0 Å². The van der Waals surface area contributed by atoms with Gasteiger partial charge in [0.25, 0.3) is 0 Å². The van der Waals surface area contributed by atoms with E-state index >= 15 is 0 Å². The minimum atomic E-state index is -0.338. The van der Waals surface area contributed by atoms with Crippen LogP contribution < -0.4 is 11.1 Å². The van der Waals surface area contributed by atoms with Gasteiger partial charge in [-0.2, -0.15) is 0 Å². The quantitative estimate of drug-likeness (QED) is 0.444. The monoisotopic (exact) mass is 292 g/mol. The normalized spacial score (nSPS) is 18.9. The highest BCUT2D eigenvalue weighted by Gasteiger charge is 2.17. The molecule has 0 aromatic carbocycles. The molecule has 5 N–H and O–H groups in total. The number of cyclic esters (lactones) is 1. The van der Waals surface area contributed by atoms with Gasteiger partial charge in [0.1, 0.15) is 0 Å². The number of carbonyl (C=O) groups excluding carboxylic acids is 1. The Kier molecular flexibility index (Phi) is 21.7.